The van der Waals surface area contributed by atoms with E-state index in [0.29, 0.717) is 4.88 Å². The van der Waals surface area contributed by atoms with Crippen molar-refractivity contribution in [2.75, 3.05) is 18.9 Å². The molecule has 1 unspecified atom stereocenters. The minimum atomic E-state index is -0.885. The standard InChI is InChI=1S/C11H15NO3S2/c13-5-8(14)4-12-11(15)10-3-7-6-16-2-1-9(7)17-10/h3,8,13-14H,1-2,4-6H2,(H,12,15). The first-order chi connectivity index (χ1) is 8.20. The van der Waals surface area contributed by atoms with Gasteiger partial charge in [0.25, 0.3) is 5.91 Å². The zero-order valence-electron chi connectivity index (χ0n) is 9.31. The normalized spacial score (nSPS) is 16.4. The van der Waals surface area contributed by atoms with Crippen molar-refractivity contribution in [3.05, 3.63) is 21.4 Å². The molecule has 1 aliphatic rings. The van der Waals surface area contributed by atoms with Crippen LogP contribution >= 0.6 is 23.1 Å². The van der Waals surface area contributed by atoms with Crippen molar-refractivity contribution < 1.29 is 15.0 Å². The third kappa shape index (κ3) is 3.22. The number of nitrogens with one attached hydrogen (secondary N) is 1. The molecule has 6 heteroatoms. The topological polar surface area (TPSA) is 69.6 Å². The molecular weight excluding hydrogens is 258 g/mol. The molecule has 94 valence electrons. The highest BCUT2D eigenvalue weighted by Gasteiger charge is 2.17. The summed E-state index contributed by atoms with van der Waals surface area (Å²) in [5, 5.41) is 20.4. The number of rotatable bonds is 4. The first kappa shape index (κ1) is 12.9. The van der Waals surface area contributed by atoms with Crippen LogP contribution in [-0.4, -0.2) is 41.1 Å². The van der Waals surface area contributed by atoms with Crippen molar-refractivity contribution in [1.82, 2.24) is 5.32 Å². The molecule has 0 aromatic carbocycles. The van der Waals surface area contributed by atoms with Crippen LogP contribution < -0.4 is 5.32 Å². The summed E-state index contributed by atoms with van der Waals surface area (Å²) in [6, 6.07) is 1.94. The first-order valence-electron chi connectivity index (χ1n) is 5.47. The smallest absolute Gasteiger partial charge is 0.261 e. The van der Waals surface area contributed by atoms with Crippen LogP contribution in [0.5, 0.6) is 0 Å². The van der Waals surface area contributed by atoms with Crippen LogP contribution in [0.1, 0.15) is 20.1 Å². The van der Waals surface area contributed by atoms with Gasteiger partial charge in [0.05, 0.1) is 17.6 Å². The number of fused-ring (bicyclic) bond motifs is 1. The van der Waals surface area contributed by atoms with E-state index in [1.165, 1.54) is 21.8 Å². The molecule has 0 saturated heterocycles. The van der Waals surface area contributed by atoms with Gasteiger partial charge in [0, 0.05) is 17.2 Å². The number of aliphatic hydroxyl groups is 2. The van der Waals surface area contributed by atoms with E-state index in [9.17, 15) is 4.79 Å². The van der Waals surface area contributed by atoms with Crippen LogP contribution in [0.4, 0.5) is 0 Å². The molecule has 0 saturated carbocycles. The lowest BCUT2D eigenvalue weighted by atomic mass is 10.2. The van der Waals surface area contributed by atoms with E-state index >= 15 is 0 Å². The molecule has 0 aliphatic carbocycles. The maximum atomic E-state index is 11.8. The molecule has 4 nitrogen and oxygen atoms in total. The fourth-order valence-corrected chi connectivity index (χ4v) is 3.91. The zero-order valence-corrected chi connectivity index (χ0v) is 10.9. The first-order valence-corrected chi connectivity index (χ1v) is 7.44. The summed E-state index contributed by atoms with van der Waals surface area (Å²) in [4.78, 5) is 13.8. The molecule has 2 heterocycles. The average Bonchev–Trinajstić information content (AvgIpc) is 2.79. The largest absolute Gasteiger partial charge is 0.394 e. The summed E-state index contributed by atoms with van der Waals surface area (Å²) in [5.74, 6) is 1.94. The molecule has 17 heavy (non-hydrogen) atoms. The minimum Gasteiger partial charge on any atom is -0.394 e. The number of hydrogen-bond acceptors (Lipinski definition) is 5. The molecule has 1 amide bonds. The van der Waals surface area contributed by atoms with Crippen LogP contribution in [-0.2, 0) is 12.2 Å². The van der Waals surface area contributed by atoms with Gasteiger partial charge >= 0.3 is 0 Å². The van der Waals surface area contributed by atoms with E-state index in [2.05, 4.69) is 5.32 Å². The van der Waals surface area contributed by atoms with Crippen molar-refractivity contribution >= 4 is 29.0 Å². The fourth-order valence-electron chi connectivity index (χ4n) is 1.62. The van der Waals surface area contributed by atoms with E-state index in [1.807, 2.05) is 17.8 Å². The molecule has 1 atom stereocenters. The van der Waals surface area contributed by atoms with Crippen LogP contribution in [0.3, 0.4) is 0 Å². The Morgan fingerprint density at radius 2 is 2.41 bits per heavy atom. The van der Waals surface area contributed by atoms with Crippen molar-refractivity contribution in [2.24, 2.45) is 0 Å². The van der Waals surface area contributed by atoms with Gasteiger partial charge < -0.3 is 15.5 Å². The molecule has 0 fully saturated rings. The van der Waals surface area contributed by atoms with Gasteiger partial charge in [0.1, 0.15) is 0 Å². The number of hydrogen-bond donors (Lipinski definition) is 3. The van der Waals surface area contributed by atoms with Gasteiger partial charge in [0.15, 0.2) is 0 Å². The molecule has 1 aliphatic heterocycles. The fraction of sp³-hybridized carbons (Fsp3) is 0.545. The quantitative estimate of drug-likeness (QED) is 0.752. The third-order valence-electron chi connectivity index (χ3n) is 2.56. The van der Waals surface area contributed by atoms with E-state index in [1.54, 1.807) is 0 Å². The van der Waals surface area contributed by atoms with Gasteiger partial charge in [-0.15, -0.1) is 11.3 Å². The maximum Gasteiger partial charge on any atom is 0.261 e. The summed E-state index contributed by atoms with van der Waals surface area (Å²) in [5.41, 5.74) is 1.26. The predicted octanol–water partition coefficient (Wildman–Crippen LogP) is 0.620. The summed E-state index contributed by atoms with van der Waals surface area (Å²) in [7, 11) is 0. The molecule has 1 aromatic rings. The Hall–Kier alpha value is -0.560. The van der Waals surface area contributed by atoms with Crippen LogP contribution in [0.25, 0.3) is 0 Å². The van der Waals surface area contributed by atoms with Gasteiger partial charge in [-0.2, -0.15) is 11.8 Å². The maximum absolute atomic E-state index is 11.8. The van der Waals surface area contributed by atoms with Gasteiger partial charge in [-0.1, -0.05) is 0 Å². The molecule has 0 spiro atoms. The molecule has 2 rings (SSSR count). The molecular formula is C11H15NO3S2. The third-order valence-corrected chi connectivity index (χ3v) is 4.80. The van der Waals surface area contributed by atoms with Crippen LogP contribution in [0.2, 0.25) is 0 Å². The highest BCUT2D eigenvalue weighted by molar-refractivity contribution is 7.98. The second kappa shape index (κ2) is 5.86. The molecule has 1 aromatic heterocycles. The van der Waals surface area contributed by atoms with E-state index in [0.717, 1.165) is 17.9 Å². The number of carbonyl (C=O) groups excluding carboxylic acids is 1. The average molecular weight is 273 g/mol. The van der Waals surface area contributed by atoms with E-state index < -0.39 is 6.10 Å². The highest BCUT2D eigenvalue weighted by Crippen LogP contribution is 2.31. The van der Waals surface area contributed by atoms with Crippen molar-refractivity contribution in [3.8, 4) is 0 Å². The number of thiophene rings is 1. The van der Waals surface area contributed by atoms with Crippen molar-refractivity contribution in [1.29, 1.82) is 0 Å². The Balaban J connectivity index is 1.97. The highest BCUT2D eigenvalue weighted by atomic mass is 32.2. The molecule has 0 bridgehead atoms. The van der Waals surface area contributed by atoms with Crippen molar-refractivity contribution in [3.63, 3.8) is 0 Å². The number of thioether (sulfide) groups is 1. The van der Waals surface area contributed by atoms with Gasteiger partial charge in [0.2, 0.25) is 0 Å². The van der Waals surface area contributed by atoms with Crippen LogP contribution in [0.15, 0.2) is 6.07 Å². The van der Waals surface area contributed by atoms with E-state index in [4.69, 9.17) is 10.2 Å². The monoisotopic (exact) mass is 273 g/mol. The SMILES string of the molecule is O=C(NCC(O)CO)c1cc2c(s1)CCSC2. The number of aryl methyl sites for hydroxylation is 1. The lowest BCUT2D eigenvalue weighted by Crippen LogP contribution is -2.33. The minimum absolute atomic E-state index is 0.0899. The number of amides is 1. The van der Waals surface area contributed by atoms with Gasteiger partial charge in [-0.05, 0) is 23.8 Å². The zero-order chi connectivity index (χ0) is 12.3. The van der Waals surface area contributed by atoms with Crippen LogP contribution in [0, 0.1) is 0 Å². The van der Waals surface area contributed by atoms with E-state index in [-0.39, 0.29) is 19.1 Å². The number of carbonyl (C=O) groups is 1. The Labute approximate surface area is 108 Å². The number of aliphatic hydroxyl groups excluding tert-OH is 2. The summed E-state index contributed by atoms with van der Waals surface area (Å²) < 4.78 is 0. The van der Waals surface area contributed by atoms with Crippen molar-refractivity contribution in [2.45, 2.75) is 18.3 Å². The summed E-state index contributed by atoms with van der Waals surface area (Å²) >= 11 is 3.42. The summed E-state index contributed by atoms with van der Waals surface area (Å²) in [6.07, 6.45) is 0.154. The lowest BCUT2D eigenvalue weighted by Gasteiger charge is -2.08. The Kier molecular flexibility index (Phi) is 4.44. The summed E-state index contributed by atoms with van der Waals surface area (Å²) in [6.45, 7) is -0.246. The Bertz CT molecular complexity index is 382. The second-order valence-corrected chi connectivity index (χ2v) is 6.15. The Morgan fingerprint density at radius 1 is 1.59 bits per heavy atom. The van der Waals surface area contributed by atoms with Gasteiger partial charge in [-0.3, -0.25) is 4.79 Å². The van der Waals surface area contributed by atoms with Gasteiger partial charge in [-0.25, -0.2) is 0 Å². The lowest BCUT2D eigenvalue weighted by molar-refractivity contribution is 0.0804. The Morgan fingerprint density at radius 3 is 3.12 bits per heavy atom. The molecule has 0 radical (unpaired) electrons. The predicted molar refractivity (Wildman–Crippen MR) is 69.6 cm³/mol. The molecule has 3 N–H and O–H groups in total. The second-order valence-electron chi connectivity index (χ2n) is 3.91.